The summed E-state index contributed by atoms with van der Waals surface area (Å²) < 4.78 is 2.03. The highest BCUT2D eigenvalue weighted by Gasteiger charge is 2.42. The number of hydrogen-bond donors (Lipinski definition) is 2. The monoisotopic (exact) mass is 468 g/mol. The van der Waals surface area contributed by atoms with Crippen LogP contribution >= 0.6 is 12.2 Å². The maximum Gasteiger partial charge on any atom is 0.335 e. The Morgan fingerprint density at radius 2 is 1.76 bits per heavy atom. The fourth-order valence-corrected chi connectivity index (χ4v) is 5.03. The summed E-state index contributed by atoms with van der Waals surface area (Å²) in [4.78, 5) is 18.4. The molecule has 2 unspecified atom stereocenters. The molecule has 1 aliphatic rings. The Morgan fingerprint density at radius 3 is 2.47 bits per heavy atom. The minimum atomic E-state index is -0.956. The number of aromatic nitrogens is 2. The van der Waals surface area contributed by atoms with E-state index in [2.05, 4.69) is 53.3 Å². The fraction of sp³-hybridized carbons (Fsp3) is 0.148. The number of carboxylic acids is 1. The Bertz CT molecular complexity index is 1360. The number of rotatable bonds is 5. The van der Waals surface area contributed by atoms with Gasteiger partial charge in [0, 0.05) is 29.5 Å². The predicted molar refractivity (Wildman–Crippen MR) is 137 cm³/mol. The van der Waals surface area contributed by atoms with Gasteiger partial charge in [-0.15, -0.1) is 0 Å². The summed E-state index contributed by atoms with van der Waals surface area (Å²) in [5, 5.41) is 13.6. The van der Waals surface area contributed by atoms with Gasteiger partial charge in [-0.2, -0.15) is 0 Å². The van der Waals surface area contributed by atoms with Crippen molar-refractivity contribution in [1.82, 2.24) is 14.9 Å². The summed E-state index contributed by atoms with van der Waals surface area (Å²) in [6, 6.07) is 22.9. The van der Waals surface area contributed by atoms with E-state index in [0.717, 1.165) is 33.9 Å². The van der Waals surface area contributed by atoms with Crippen molar-refractivity contribution in [2.45, 2.75) is 25.9 Å². The Morgan fingerprint density at radius 1 is 0.971 bits per heavy atom. The average molecular weight is 469 g/mol. The van der Waals surface area contributed by atoms with Crippen LogP contribution in [0.15, 0.2) is 85.2 Å². The molecule has 170 valence electrons. The maximum atomic E-state index is 11.6. The number of carboxylic acid groups (broad SMARTS) is 1. The van der Waals surface area contributed by atoms with E-state index in [-0.39, 0.29) is 17.6 Å². The number of hydrogen-bond acceptors (Lipinski definition) is 3. The fourth-order valence-electron chi connectivity index (χ4n) is 4.68. The van der Waals surface area contributed by atoms with E-state index in [9.17, 15) is 9.90 Å². The smallest absolute Gasteiger partial charge is 0.335 e. The van der Waals surface area contributed by atoms with Gasteiger partial charge in [0.05, 0.1) is 17.3 Å². The number of benzene rings is 2. The molecule has 0 saturated carbocycles. The van der Waals surface area contributed by atoms with Gasteiger partial charge in [0.15, 0.2) is 5.11 Å². The van der Waals surface area contributed by atoms with E-state index in [0.29, 0.717) is 5.11 Å². The molecule has 1 fully saturated rings. The first-order valence-corrected chi connectivity index (χ1v) is 11.4. The quantitative estimate of drug-likeness (QED) is 0.384. The lowest BCUT2D eigenvalue weighted by atomic mass is 10.00. The Hall–Kier alpha value is -3.97. The minimum absolute atomic E-state index is 0.189. The Labute approximate surface area is 203 Å². The van der Waals surface area contributed by atoms with E-state index in [1.807, 2.05) is 41.1 Å². The van der Waals surface area contributed by atoms with Crippen LogP contribution in [0.25, 0.3) is 5.69 Å². The third-order valence-electron chi connectivity index (χ3n) is 6.04. The lowest BCUT2D eigenvalue weighted by Gasteiger charge is -2.29. The first-order valence-electron chi connectivity index (χ1n) is 11.0. The van der Waals surface area contributed by atoms with Gasteiger partial charge in [0.2, 0.25) is 0 Å². The third kappa shape index (κ3) is 3.95. The molecule has 0 amide bonds. The molecule has 0 spiro atoms. The van der Waals surface area contributed by atoms with E-state index in [4.69, 9.17) is 12.2 Å². The minimum Gasteiger partial charge on any atom is -0.478 e. The normalized spacial score (nSPS) is 17.6. The number of nitrogens with zero attached hydrogens (tertiary/aromatic N) is 3. The number of nitrogens with one attached hydrogen (secondary N) is 1. The molecule has 0 bridgehead atoms. The number of pyridine rings is 1. The summed E-state index contributed by atoms with van der Waals surface area (Å²) in [6.07, 6.45) is 3.73. The lowest BCUT2D eigenvalue weighted by molar-refractivity contribution is 0.0697. The van der Waals surface area contributed by atoms with Crippen molar-refractivity contribution in [2.24, 2.45) is 0 Å². The van der Waals surface area contributed by atoms with Crippen LogP contribution in [-0.2, 0) is 0 Å². The largest absolute Gasteiger partial charge is 0.478 e. The number of thiocarbonyl (C=S) groups is 1. The summed E-state index contributed by atoms with van der Waals surface area (Å²) in [6.45, 7) is 4.16. The highest BCUT2D eigenvalue weighted by Crippen LogP contribution is 2.42. The maximum absolute atomic E-state index is 11.6. The molecule has 2 atom stereocenters. The van der Waals surface area contributed by atoms with Crippen LogP contribution in [0.2, 0.25) is 0 Å². The zero-order valence-corrected chi connectivity index (χ0v) is 19.7. The van der Waals surface area contributed by atoms with Gasteiger partial charge in [-0.1, -0.05) is 18.2 Å². The molecular weight excluding hydrogens is 444 g/mol. The molecule has 3 heterocycles. The van der Waals surface area contributed by atoms with Gasteiger partial charge in [-0.25, -0.2) is 4.79 Å². The molecule has 6 nitrogen and oxygen atoms in total. The topological polar surface area (TPSA) is 70.4 Å². The molecule has 7 heteroatoms. The molecular formula is C27H24N4O2S. The van der Waals surface area contributed by atoms with Crippen molar-refractivity contribution in [1.29, 1.82) is 0 Å². The van der Waals surface area contributed by atoms with Gasteiger partial charge in [0.1, 0.15) is 6.04 Å². The SMILES string of the molecule is Cc1cc(C)cc(N2C(=S)NC(c3ccccn3)C2c2cccn2-c2cccc(C(=O)O)c2)c1. The molecule has 4 aromatic rings. The first-order chi connectivity index (χ1) is 16.4. The van der Waals surface area contributed by atoms with Gasteiger partial charge < -0.3 is 19.9 Å². The van der Waals surface area contributed by atoms with Crippen LogP contribution in [-0.4, -0.2) is 25.7 Å². The summed E-state index contributed by atoms with van der Waals surface area (Å²) in [7, 11) is 0. The number of aromatic carboxylic acids is 1. The summed E-state index contributed by atoms with van der Waals surface area (Å²) in [5.41, 5.74) is 6.19. The Kier molecular flexibility index (Phi) is 5.63. The number of anilines is 1. The molecule has 34 heavy (non-hydrogen) atoms. The van der Waals surface area contributed by atoms with E-state index < -0.39 is 5.97 Å². The van der Waals surface area contributed by atoms with Crippen molar-refractivity contribution in [3.05, 3.63) is 113 Å². The van der Waals surface area contributed by atoms with Crippen LogP contribution in [0.5, 0.6) is 0 Å². The zero-order chi connectivity index (χ0) is 23.8. The molecule has 1 aliphatic heterocycles. The molecule has 1 saturated heterocycles. The number of carbonyl (C=O) groups is 1. The second kappa shape index (κ2) is 8.76. The van der Waals surface area contributed by atoms with Gasteiger partial charge >= 0.3 is 5.97 Å². The molecule has 2 N–H and O–H groups in total. The summed E-state index contributed by atoms with van der Waals surface area (Å²) >= 11 is 5.85. The molecule has 2 aromatic carbocycles. The van der Waals surface area contributed by atoms with E-state index >= 15 is 0 Å². The molecule has 5 rings (SSSR count). The highest BCUT2D eigenvalue weighted by molar-refractivity contribution is 7.80. The highest BCUT2D eigenvalue weighted by atomic mass is 32.1. The van der Waals surface area contributed by atoms with Crippen LogP contribution in [0, 0.1) is 13.8 Å². The lowest BCUT2D eigenvalue weighted by Crippen LogP contribution is -2.30. The average Bonchev–Trinajstić information content (AvgIpc) is 3.43. The molecule has 2 aromatic heterocycles. The van der Waals surface area contributed by atoms with Crippen LogP contribution in [0.3, 0.4) is 0 Å². The standard InChI is InChI=1S/C27H24N4O2S/c1-17-13-18(2)15-21(14-17)31-25(24(29-27(31)34)22-9-3-4-11-28-22)23-10-6-12-30(23)20-8-5-7-19(16-20)26(32)33/h3-16,24-25H,1-2H3,(H,29,34)(H,32,33). The van der Waals surface area contributed by atoms with Crippen molar-refractivity contribution < 1.29 is 9.90 Å². The van der Waals surface area contributed by atoms with Gasteiger partial charge in [0.25, 0.3) is 0 Å². The first kappa shape index (κ1) is 21.9. The van der Waals surface area contributed by atoms with Crippen LogP contribution in [0.1, 0.15) is 45.0 Å². The van der Waals surface area contributed by atoms with Gasteiger partial charge in [-0.3, -0.25) is 4.98 Å². The predicted octanol–water partition coefficient (Wildman–Crippen LogP) is 5.36. The van der Waals surface area contributed by atoms with Crippen molar-refractivity contribution in [3.63, 3.8) is 0 Å². The molecule has 0 radical (unpaired) electrons. The van der Waals surface area contributed by atoms with Crippen LogP contribution in [0.4, 0.5) is 5.69 Å². The van der Waals surface area contributed by atoms with E-state index in [1.54, 1.807) is 24.4 Å². The zero-order valence-electron chi connectivity index (χ0n) is 18.8. The van der Waals surface area contributed by atoms with E-state index in [1.165, 1.54) is 0 Å². The second-order valence-corrected chi connectivity index (χ2v) is 8.89. The van der Waals surface area contributed by atoms with Crippen LogP contribution < -0.4 is 10.2 Å². The van der Waals surface area contributed by atoms with Crippen molar-refractivity contribution in [2.75, 3.05) is 4.90 Å². The Balaban J connectivity index is 1.68. The van der Waals surface area contributed by atoms with Gasteiger partial charge in [-0.05, 0) is 91.8 Å². The van der Waals surface area contributed by atoms with Crippen molar-refractivity contribution >= 4 is 29.0 Å². The third-order valence-corrected chi connectivity index (χ3v) is 6.35. The summed E-state index contributed by atoms with van der Waals surface area (Å²) in [5.74, 6) is -0.956. The number of aryl methyl sites for hydroxylation is 2. The van der Waals surface area contributed by atoms with Crippen molar-refractivity contribution in [3.8, 4) is 5.69 Å². The molecule has 0 aliphatic carbocycles. The second-order valence-electron chi connectivity index (χ2n) is 8.50.